The molecule has 0 spiro atoms. The number of carbonyl (C=O) groups excluding carboxylic acids is 1. The van der Waals surface area contributed by atoms with Gasteiger partial charge >= 0.3 is 0 Å². The molecule has 0 saturated carbocycles. The van der Waals surface area contributed by atoms with E-state index in [2.05, 4.69) is 14.6 Å². The number of sulfonamides is 1. The lowest BCUT2D eigenvalue weighted by Gasteiger charge is -2.41. The highest BCUT2D eigenvalue weighted by atomic mass is 32.2. The van der Waals surface area contributed by atoms with Crippen molar-refractivity contribution in [1.29, 1.82) is 0 Å². The molecule has 0 aliphatic carbocycles. The van der Waals surface area contributed by atoms with E-state index in [-0.39, 0.29) is 30.6 Å². The molecular formula is C24H26FN5O3S2. The van der Waals surface area contributed by atoms with E-state index in [4.69, 9.17) is 0 Å². The number of halogens is 1. The second-order valence-corrected chi connectivity index (χ2v) is 11.0. The van der Waals surface area contributed by atoms with E-state index < -0.39 is 10.0 Å². The molecule has 2 aromatic carbocycles. The SMILES string of the molecule is CC1CN(c2ccc(S(=O)(=O)Nc3nccs3)cc2)CCN1C(=O)Cn1ccc2c(F)cccc21.[HH]. The van der Waals surface area contributed by atoms with Crippen LogP contribution in [0.2, 0.25) is 0 Å². The zero-order valence-electron chi connectivity index (χ0n) is 19.0. The number of piperazine rings is 1. The average Bonchev–Trinajstić information content (AvgIpc) is 3.49. The maximum atomic E-state index is 14.0. The van der Waals surface area contributed by atoms with Crippen LogP contribution in [0.3, 0.4) is 0 Å². The molecule has 1 unspecified atom stereocenters. The number of thiazole rings is 1. The molecule has 2 aromatic heterocycles. The van der Waals surface area contributed by atoms with Crippen LogP contribution in [0, 0.1) is 5.82 Å². The Hall–Kier alpha value is -3.44. The monoisotopic (exact) mass is 515 g/mol. The van der Waals surface area contributed by atoms with Crippen LogP contribution in [0.15, 0.2) is 71.2 Å². The first kappa shape index (κ1) is 23.3. The minimum Gasteiger partial charge on any atom is -0.368 e. The molecule has 1 atom stereocenters. The molecule has 1 N–H and O–H groups in total. The Morgan fingerprint density at radius 3 is 2.71 bits per heavy atom. The minimum atomic E-state index is -3.70. The van der Waals surface area contributed by atoms with E-state index in [0.717, 1.165) is 5.69 Å². The third-order valence-corrected chi connectivity index (χ3v) is 8.35. The van der Waals surface area contributed by atoms with Crippen molar-refractivity contribution in [3.8, 4) is 0 Å². The van der Waals surface area contributed by atoms with Gasteiger partial charge in [-0.2, -0.15) is 0 Å². The molecular weight excluding hydrogens is 489 g/mol. The third-order valence-electron chi connectivity index (χ3n) is 6.18. The van der Waals surface area contributed by atoms with Crippen molar-refractivity contribution in [1.82, 2.24) is 14.5 Å². The lowest BCUT2D eigenvalue weighted by molar-refractivity contribution is -0.134. The second-order valence-electron chi connectivity index (χ2n) is 8.44. The summed E-state index contributed by atoms with van der Waals surface area (Å²) in [5.41, 5.74) is 1.59. The van der Waals surface area contributed by atoms with Gasteiger partial charge in [-0.25, -0.2) is 17.8 Å². The Labute approximate surface area is 208 Å². The highest BCUT2D eigenvalue weighted by Gasteiger charge is 2.28. The number of aromatic nitrogens is 2. The van der Waals surface area contributed by atoms with Crippen LogP contribution in [-0.4, -0.2) is 54.5 Å². The highest BCUT2D eigenvalue weighted by molar-refractivity contribution is 7.93. The molecule has 5 rings (SSSR count). The summed E-state index contributed by atoms with van der Waals surface area (Å²) < 4.78 is 43.4. The van der Waals surface area contributed by atoms with Crippen LogP contribution in [-0.2, 0) is 21.4 Å². The van der Waals surface area contributed by atoms with E-state index in [1.807, 2.05) is 17.9 Å². The molecule has 3 heterocycles. The number of fused-ring (bicyclic) bond motifs is 1. The number of amides is 1. The molecule has 1 saturated heterocycles. The fourth-order valence-corrected chi connectivity index (χ4v) is 6.20. The molecule has 0 bridgehead atoms. The van der Waals surface area contributed by atoms with Gasteiger partial charge in [-0.05, 0) is 49.4 Å². The molecule has 184 valence electrons. The molecule has 0 radical (unpaired) electrons. The number of hydrogen-bond donors (Lipinski definition) is 1. The van der Waals surface area contributed by atoms with Crippen LogP contribution in [0.5, 0.6) is 0 Å². The van der Waals surface area contributed by atoms with Gasteiger partial charge in [0.25, 0.3) is 10.0 Å². The summed E-state index contributed by atoms with van der Waals surface area (Å²) in [6.07, 6.45) is 3.28. The number of hydrogen-bond acceptors (Lipinski definition) is 6. The second kappa shape index (κ2) is 9.31. The first-order chi connectivity index (χ1) is 16.8. The summed E-state index contributed by atoms with van der Waals surface area (Å²) in [5, 5.41) is 2.53. The van der Waals surface area contributed by atoms with Crippen LogP contribution < -0.4 is 9.62 Å². The summed E-state index contributed by atoms with van der Waals surface area (Å²) in [7, 11) is -3.70. The summed E-state index contributed by atoms with van der Waals surface area (Å²) in [4.78, 5) is 21.2. The number of rotatable bonds is 6. The van der Waals surface area contributed by atoms with Crippen LogP contribution in [0.1, 0.15) is 8.35 Å². The van der Waals surface area contributed by atoms with Crippen LogP contribution in [0.25, 0.3) is 10.9 Å². The van der Waals surface area contributed by atoms with Gasteiger partial charge in [0.2, 0.25) is 5.91 Å². The predicted molar refractivity (Wildman–Crippen MR) is 137 cm³/mol. The molecule has 4 aromatic rings. The van der Waals surface area contributed by atoms with Crippen molar-refractivity contribution in [3.05, 3.63) is 72.1 Å². The number of benzene rings is 2. The van der Waals surface area contributed by atoms with Crippen molar-refractivity contribution in [2.75, 3.05) is 29.3 Å². The van der Waals surface area contributed by atoms with Gasteiger partial charge in [0, 0.05) is 56.0 Å². The van der Waals surface area contributed by atoms with Crippen molar-refractivity contribution >= 4 is 49.0 Å². The number of anilines is 2. The summed E-state index contributed by atoms with van der Waals surface area (Å²) in [5.74, 6) is -0.318. The van der Waals surface area contributed by atoms with E-state index in [0.29, 0.717) is 35.7 Å². The maximum absolute atomic E-state index is 14.0. The molecule has 1 amide bonds. The Morgan fingerprint density at radius 2 is 2.00 bits per heavy atom. The topological polar surface area (TPSA) is 87.5 Å². The van der Waals surface area contributed by atoms with Crippen molar-refractivity contribution in [2.24, 2.45) is 0 Å². The molecule has 35 heavy (non-hydrogen) atoms. The molecule has 11 heteroatoms. The Kier molecular flexibility index (Phi) is 6.20. The van der Waals surface area contributed by atoms with Crippen LogP contribution in [0.4, 0.5) is 15.2 Å². The predicted octanol–water partition coefficient (Wildman–Crippen LogP) is 4.02. The third kappa shape index (κ3) is 4.73. The maximum Gasteiger partial charge on any atom is 0.263 e. The fraction of sp³-hybridized carbons (Fsp3) is 0.250. The summed E-state index contributed by atoms with van der Waals surface area (Å²) in [6, 6.07) is 13.2. The van der Waals surface area contributed by atoms with Gasteiger partial charge in [-0.1, -0.05) is 6.07 Å². The zero-order chi connectivity index (χ0) is 24.6. The van der Waals surface area contributed by atoms with E-state index in [9.17, 15) is 17.6 Å². The van der Waals surface area contributed by atoms with Crippen molar-refractivity contribution < 1.29 is 19.0 Å². The quantitative estimate of drug-likeness (QED) is 0.419. The zero-order valence-corrected chi connectivity index (χ0v) is 20.6. The van der Waals surface area contributed by atoms with Gasteiger partial charge in [-0.3, -0.25) is 9.52 Å². The van der Waals surface area contributed by atoms with Crippen molar-refractivity contribution in [3.63, 3.8) is 0 Å². The summed E-state index contributed by atoms with van der Waals surface area (Å²) >= 11 is 1.21. The first-order valence-electron chi connectivity index (χ1n) is 11.1. The number of carbonyl (C=O) groups is 1. The normalized spacial score (nSPS) is 16.6. The smallest absolute Gasteiger partial charge is 0.263 e. The fourth-order valence-electron chi connectivity index (χ4n) is 4.41. The highest BCUT2D eigenvalue weighted by Crippen LogP contribution is 2.24. The molecule has 1 fully saturated rings. The van der Waals surface area contributed by atoms with Crippen LogP contribution >= 0.6 is 11.3 Å². The van der Waals surface area contributed by atoms with Gasteiger partial charge in [-0.15, -0.1) is 11.3 Å². The van der Waals surface area contributed by atoms with E-state index >= 15 is 0 Å². The Bertz CT molecular complexity index is 1460. The standard InChI is InChI=1S/C24H24FN5O3S2.H2/c1-17-15-28(18-5-7-19(8-6-18)35(32,33)27-24-26-10-14-34-24)12-13-30(17)23(31)16-29-11-9-20-21(25)3-2-4-22(20)29;/h2-11,14,17H,12-13,15-16H2,1H3,(H,26,27);1H. The Balaban J connectivity index is 0.00000304. The number of nitrogens with zero attached hydrogens (tertiary/aromatic N) is 4. The van der Waals surface area contributed by atoms with Gasteiger partial charge in [0.15, 0.2) is 5.13 Å². The van der Waals surface area contributed by atoms with Gasteiger partial charge < -0.3 is 14.4 Å². The Morgan fingerprint density at radius 1 is 1.20 bits per heavy atom. The first-order valence-corrected chi connectivity index (χ1v) is 13.5. The average molecular weight is 516 g/mol. The van der Waals surface area contributed by atoms with E-state index in [1.54, 1.807) is 52.5 Å². The molecule has 1 aliphatic rings. The molecule has 1 aliphatic heterocycles. The lowest BCUT2D eigenvalue weighted by atomic mass is 10.1. The minimum absolute atomic E-state index is 0. The molecule has 8 nitrogen and oxygen atoms in total. The van der Waals surface area contributed by atoms with Gasteiger partial charge in [0.1, 0.15) is 12.4 Å². The lowest BCUT2D eigenvalue weighted by Crippen LogP contribution is -2.54. The summed E-state index contributed by atoms with van der Waals surface area (Å²) in [6.45, 7) is 3.93. The number of nitrogens with one attached hydrogen (secondary N) is 1. The van der Waals surface area contributed by atoms with E-state index in [1.165, 1.54) is 23.6 Å². The van der Waals surface area contributed by atoms with Gasteiger partial charge in [0.05, 0.1) is 10.4 Å². The largest absolute Gasteiger partial charge is 0.368 e. The van der Waals surface area contributed by atoms with Crippen molar-refractivity contribution in [2.45, 2.75) is 24.4 Å².